The minimum atomic E-state index is -0.298. The van der Waals surface area contributed by atoms with Crippen LogP contribution in [-0.4, -0.2) is 25.4 Å². The lowest BCUT2D eigenvalue weighted by atomic mass is 10.3. The molecule has 0 bridgehead atoms. The van der Waals surface area contributed by atoms with Gasteiger partial charge in [-0.3, -0.25) is 0 Å². The summed E-state index contributed by atoms with van der Waals surface area (Å²) in [6.07, 6.45) is 0. The predicted octanol–water partition coefficient (Wildman–Crippen LogP) is 2.43. The summed E-state index contributed by atoms with van der Waals surface area (Å²) in [7, 11) is 6.64. The van der Waals surface area contributed by atoms with Gasteiger partial charge in [0.05, 0.1) is 0 Å². The average Bonchev–Trinajstić information content (AvgIpc) is 1.25. The highest BCUT2D eigenvalue weighted by Gasteiger charge is 2.27. The molecule has 0 spiro atoms. The molecule has 0 atom stereocenters. The summed E-state index contributed by atoms with van der Waals surface area (Å²) >= 11 is 7.47. The zero-order valence-corrected chi connectivity index (χ0v) is 11.6. The second kappa shape index (κ2) is 3.08. The first kappa shape index (κ1) is 10.2. The molecule has 0 aromatic carbocycles. The van der Waals surface area contributed by atoms with Crippen molar-refractivity contribution in [2.75, 3.05) is 21.1 Å². The summed E-state index contributed by atoms with van der Waals surface area (Å²) in [5, 5.41) is 0. The zero-order chi connectivity index (χ0) is 7.00. The standard InChI is InChI=1S/C3H9BI3N/c1-8(2,3)4(5,6)7/h1-3H3. The van der Waals surface area contributed by atoms with Crippen molar-refractivity contribution in [3.8, 4) is 0 Å². The van der Waals surface area contributed by atoms with E-state index in [1.807, 2.05) is 0 Å². The molecule has 8 heavy (non-hydrogen) atoms. The Morgan fingerprint density at radius 2 is 1.12 bits per heavy atom. The van der Waals surface area contributed by atoms with Crippen LogP contribution in [0.15, 0.2) is 0 Å². The number of quaternary nitrogens is 1. The summed E-state index contributed by atoms with van der Waals surface area (Å²) in [5.41, 5.74) is 0. The first-order valence-electron chi connectivity index (χ1n) is 2.25. The normalized spacial score (nSPS) is 14.2. The summed E-state index contributed by atoms with van der Waals surface area (Å²) in [5.74, 6) is 0. The molecule has 0 saturated heterocycles. The highest BCUT2D eigenvalue weighted by Crippen LogP contribution is 2.35. The van der Waals surface area contributed by atoms with Crippen molar-refractivity contribution in [2.45, 2.75) is 0 Å². The molecule has 50 valence electrons. The molecule has 0 aliphatic rings. The van der Waals surface area contributed by atoms with Gasteiger partial charge in [-0.2, -0.15) is 0 Å². The van der Waals surface area contributed by atoms with Crippen LogP contribution in [0.4, 0.5) is 0 Å². The van der Waals surface area contributed by atoms with E-state index in [0.717, 1.165) is 4.39 Å². The Kier molecular flexibility index (Phi) is 3.93. The Labute approximate surface area is 91.1 Å². The van der Waals surface area contributed by atoms with Crippen LogP contribution in [0.5, 0.6) is 0 Å². The quantitative estimate of drug-likeness (QED) is 0.425. The van der Waals surface area contributed by atoms with Crippen molar-refractivity contribution in [2.24, 2.45) is 0 Å². The fourth-order valence-corrected chi connectivity index (χ4v) is 0. The van der Waals surface area contributed by atoms with E-state index in [2.05, 4.69) is 88.3 Å². The summed E-state index contributed by atoms with van der Waals surface area (Å²) in [4.78, 5) is 0. The molecule has 0 rings (SSSR count). The SMILES string of the molecule is C[N+](C)(C)[B-](I)(I)I. The molecule has 0 unspecified atom stereocenters. The van der Waals surface area contributed by atoms with Gasteiger partial charge in [0, 0.05) is 21.1 Å². The first-order valence-corrected chi connectivity index (χ1v) is 5.99. The average molecular weight is 451 g/mol. The van der Waals surface area contributed by atoms with Crippen LogP contribution in [0.3, 0.4) is 0 Å². The highest BCUT2D eigenvalue weighted by atomic mass is 127. The molecule has 0 aromatic heterocycles. The van der Waals surface area contributed by atoms with Gasteiger partial charge in [-0.15, -0.1) is 0 Å². The Bertz CT molecular complexity index is 69.5. The smallest absolute Gasteiger partial charge is 0.375 e. The topological polar surface area (TPSA) is 0 Å². The number of rotatable bonds is 1. The number of halogens is 3. The van der Waals surface area contributed by atoms with E-state index in [1.54, 1.807) is 0 Å². The van der Waals surface area contributed by atoms with Gasteiger partial charge in [0.2, 0.25) is 0 Å². The van der Waals surface area contributed by atoms with E-state index in [4.69, 9.17) is 0 Å². The van der Waals surface area contributed by atoms with Gasteiger partial charge >= 0.3 is -0.150 Å². The fraction of sp³-hybridized carbons (Fsp3) is 1.00. The molecule has 0 heterocycles. The van der Waals surface area contributed by atoms with Gasteiger partial charge in [0.1, 0.15) is 0 Å². The molecule has 0 radical (unpaired) electrons. The van der Waals surface area contributed by atoms with Crippen LogP contribution in [0.25, 0.3) is 0 Å². The third kappa shape index (κ3) is 3.40. The van der Waals surface area contributed by atoms with Crippen molar-refractivity contribution < 1.29 is 4.39 Å². The number of hydrogen-bond donors (Lipinski definition) is 0. The third-order valence-corrected chi connectivity index (χ3v) is 5.89. The fourth-order valence-electron chi connectivity index (χ4n) is 0. The Morgan fingerprint density at radius 1 is 1.00 bits per heavy atom. The van der Waals surface area contributed by atoms with Gasteiger partial charge in [-0.05, 0) is 0 Å². The number of hydrogen-bond acceptors (Lipinski definition) is 0. The lowest BCUT2D eigenvalue weighted by Gasteiger charge is -2.42. The van der Waals surface area contributed by atoms with Crippen LogP contribution in [0.2, 0.25) is 0 Å². The largest absolute Gasteiger partial charge is 0.497 e. The Morgan fingerprint density at radius 3 is 1.12 bits per heavy atom. The van der Waals surface area contributed by atoms with Gasteiger partial charge in [-0.1, -0.05) is 0 Å². The van der Waals surface area contributed by atoms with E-state index < -0.39 is 0 Å². The molecule has 1 nitrogen and oxygen atoms in total. The molecule has 0 N–H and O–H groups in total. The summed E-state index contributed by atoms with van der Waals surface area (Å²) < 4.78 is 0.745. The van der Waals surface area contributed by atoms with E-state index >= 15 is 0 Å². The van der Waals surface area contributed by atoms with E-state index in [1.165, 1.54) is 0 Å². The van der Waals surface area contributed by atoms with Crippen molar-refractivity contribution in [3.63, 3.8) is 0 Å². The monoisotopic (exact) mass is 451 g/mol. The first-order chi connectivity index (χ1) is 3.25. The predicted molar refractivity (Wildman–Crippen MR) is 65.8 cm³/mol. The van der Waals surface area contributed by atoms with Crippen LogP contribution < -0.4 is 0 Å². The van der Waals surface area contributed by atoms with Gasteiger partial charge < -0.3 is 4.39 Å². The number of nitrogens with zero attached hydrogens (tertiary/aromatic N) is 1. The third-order valence-electron chi connectivity index (χ3n) is 0.878. The zero-order valence-electron chi connectivity index (χ0n) is 5.16. The van der Waals surface area contributed by atoms with Crippen LogP contribution >= 0.6 is 67.1 Å². The molecule has 0 aliphatic heterocycles. The maximum Gasteiger partial charge on any atom is 0.375 e. The van der Waals surface area contributed by atoms with Gasteiger partial charge in [-0.25, -0.2) is 67.1 Å². The van der Waals surface area contributed by atoms with Crippen LogP contribution in [-0.2, 0) is 0 Å². The molecule has 0 saturated carbocycles. The van der Waals surface area contributed by atoms with Gasteiger partial charge in [0.15, 0.2) is 0 Å². The second-order valence-electron chi connectivity index (χ2n) is 2.66. The molecule has 5 heteroatoms. The lowest BCUT2D eigenvalue weighted by molar-refractivity contribution is -0.753. The van der Waals surface area contributed by atoms with Crippen molar-refractivity contribution in [1.29, 1.82) is 0 Å². The molecular weight excluding hydrogens is 442 g/mol. The summed E-state index contributed by atoms with van der Waals surface area (Å²) in [6.45, 7) is 0. The molecule has 0 fully saturated rings. The van der Waals surface area contributed by atoms with Crippen LogP contribution in [0.1, 0.15) is 0 Å². The minimum Gasteiger partial charge on any atom is -0.497 e. The van der Waals surface area contributed by atoms with Crippen LogP contribution in [0, 0.1) is 0 Å². The maximum absolute atomic E-state index is 2.49. The van der Waals surface area contributed by atoms with Crippen molar-refractivity contribution >= 4 is 67.0 Å². The van der Waals surface area contributed by atoms with Gasteiger partial charge in [0.25, 0.3) is 0 Å². The minimum absolute atomic E-state index is 0.298. The molecular formula is C3H9BI3N. The molecule has 0 amide bonds. The second-order valence-corrected chi connectivity index (χ2v) is 15.2. The van der Waals surface area contributed by atoms with E-state index in [-0.39, 0.29) is -0.150 Å². The van der Waals surface area contributed by atoms with Crippen molar-refractivity contribution in [3.05, 3.63) is 0 Å². The maximum atomic E-state index is 2.49. The molecule has 0 aliphatic carbocycles. The van der Waals surface area contributed by atoms with E-state index in [9.17, 15) is 0 Å². The Hall–Kier alpha value is 2.21. The van der Waals surface area contributed by atoms with Crippen molar-refractivity contribution in [1.82, 2.24) is 0 Å². The lowest BCUT2D eigenvalue weighted by Crippen LogP contribution is -2.48. The Balaban J connectivity index is 4.02. The van der Waals surface area contributed by atoms with E-state index in [0.29, 0.717) is 0 Å². The molecule has 0 aromatic rings. The highest BCUT2D eigenvalue weighted by molar-refractivity contribution is 14.4. The summed E-state index contributed by atoms with van der Waals surface area (Å²) in [6, 6.07) is 0.